The van der Waals surface area contributed by atoms with Gasteiger partial charge in [0.2, 0.25) is 0 Å². The lowest BCUT2D eigenvalue weighted by molar-refractivity contribution is 0.471. The molecule has 2 fully saturated rings. The van der Waals surface area contributed by atoms with E-state index in [0.29, 0.717) is 5.92 Å². The van der Waals surface area contributed by atoms with Crippen LogP contribution in [0.1, 0.15) is 50.9 Å². The van der Waals surface area contributed by atoms with Crippen LogP contribution in [0.2, 0.25) is 0 Å². The average molecular weight is 270 g/mol. The molecule has 2 unspecified atom stereocenters. The van der Waals surface area contributed by atoms with Crippen molar-refractivity contribution < 1.29 is 8.42 Å². The van der Waals surface area contributed by atoms with Gasteiger partial charge in [0, 0.05) is 12.0 Å². The molecule has 0 spiro atoms. The molecule has 7 heteroatoms. The second-order valence-corrected chi connectivity index (χ2v) is 7.23. The van der Waals surface area contributed by atoms with Gasteiger partial charge in [-0.3, -0.25) is 4.57 Å². The number of fused-ring (bicyclic) bond motifs is 1. The highest BCUT2D eigenvalue weighted by Crippen LogP contribution is 2.57. The third-order valence-corrected chi connectivity index (χ3v) is 4.86. The van der Waals surface area contributed by atoms with E-state index in [1.807, 2.05) is 13.8 Å². The van der Waals surface area contributed by atoms with Gasteiger partial charge < -0.3 is 0 Å². The smallest absolute Gasteiger partial charge is 0.273 e. The van der Waals surface area contributed by atoms with E-state index in [1.54, 1.807) is 4.57 Å². The lowest BCUT2D eigenvalue weighted by Crippen LogP contribution is -2.21. The molecule has 0 amide bonds. The molecule has 0 radical (unpaired) electrons. The van der Waals surface area contributed by atoms with Crippen LogP contribution < -0.4 is 5.14 Å². The van der Waals surface area contributed by atoms with Crippen molar-refractivity contribution in [1.82, 2.24) is 14.8 Å². The fourth-order valence-corrected chi connectivity index (χ4v) is 3.90. The number of hydrogen-bond donors (Lipinski definition) is 1. The van der Waals surface area contributed by atoms with Crippen LogP contribution in [-0.4, -0.2) is 23.2 Å². The summed E-state index contributed by atoms with van der Waals surface area (Å²) in [5, 5.41) is 13.0. The molecule has 1 aromatic heterocycles. The molecule has 18 heavy (non-hydrogen) atoms. The summed E-state index contributed by atoms with van der Waals surface area (Å²) in [7, 11) is -3.80. The summed E-state index contributed by atoms with van der Waals surface area (Å²) >= 11 is 0. The first-order valence-electron chi connectivity index (χ1n) is 6.35. The number of nitrogens with two attached hydrogens (primary N) is 1. The van der Waals surface area contributed by atoms with E-state index in [1.165, 1.54) is 6.42 Å². The minimum absolute atomic E-state index is 0.000233. The molecule has 6 nitrogen and oxygen atoms in total. The van der Waals surface area contributed by atoms with Gasteiger partial charge in [0.25, 0.3) is 15.2 Å². The number of rotatable bonds is 3. The van der Waals surface area contributed by atoms with Gasteiger partial charge >= 0.3 is 0 Å². The first-order chi connectivity index (χ1) is 8.38. The zero-order valence-corrected chi connectivity index (χ0v) is 11.4. The van der Waals surface area contributed by atoms with Crippen molar-refractivity contribution in [2.75, 3.05) is 0 Å². The van der Waals surface area contributed by atoms with E-state index in [9.17, 15) is 8.42 Å². The first-order valence-corrected chi connectivity index (χ1v) is 7.90. The summed E-state index contributed by atoms with van der Waals surface area (Å²) in [4.78, 5) is 0. The Morgan fingerprint density at radius 1 is 1.22 bits per heavy atom. The number of sulfonamides is 1. The Morgan fingerprint density at radius 3 is 2.33 bits per heavy atom. The largest absolute Gasteiger partial charge is 0.298 e. The molecule has 0 saturated heterocycles. The molecular weight excluding hydrogens is 252 g/mol. The summed E-state index contributed by atoms with van der Waals surface area (Å²) < 4.78 is 24.7. The van der Waals surface area contributed by atoms with Crippen LogP contribution in [0, 0.1) is 11.8 Å². The van der Waals surface area contributed by atoms with Gasteiger partial charge in [0.05, 0.1) is 0 Å². The Balaban J connectivity index is 2.02. The molecule has 0 aliphatic heterocycles. The van der Waals surface area contributed by atoms with Gasteiger partial charge in [-0.15, -0.1) is 10.2 Å². The highest BCUT2D eigenvalue weighted by atomic mass is 32.2. The summed E-state index contributed by atoms with van der Waals surface area (Å²) in [6.07, 6.45) is 3.55. The Morgan fingerprint density at radius 2 is 1.83 bits per heavy atom. The number of nitrogens with zero attached hydrogens (tertiary/aromatic N) is 3. The summed E-state index contributed by atoms with van der Waals surface area (Å²) in [5.41, 5.74) is 0. The minimum atomic E-state index is -3.80. The molecule has 0 aromatic carbocycles. The predicted molar refractivity (Wildman–Crippen MR) is 65.4 cm³/mol. The van der Waals surface area contributed by atoms with Crippen LogP contribution in [0.4, 0.5) is 0 Å². The third kappa shape index (κ3) is 1.85. The minimum Gasteiger partial charge on any atom is -0.298 e. The third-order valence-electron chi connectivity index (χ3n) is 4.07. The quantitative estimate of drug-likeness (QED) is 0.887. The van der Waals surface area contributed by atoms with Crippen molar-refractivity contribution in [3.63, 3.8) is 0 Å². The summed E-state index contributed by atoms with van der Waals surface area (Å²) in [5.74, 6) is 2.79. The number of aromatic nitrogens is 3. The van der Waals surface area contributed by atoms with Crippen molar-refractivity contribution >= 4 is 10.0 Å². The Kier molecular flexibility index (Phi) is 2.54. The molecule has 3 rings (SSSR count). The van der Waals surface area contributed by atoms with Crippen molar-refractivity contribution in [3.05, 3.63) is 5.82 Å². The summed E-state index contributed by atoms with van der Waals surface area (Å²) in [6, 6.07) is 0.000233. The maximum Gasteiger partial charge on any atom is 0.273 e. The standard InChI is InChI=1S/C11H18N4O2S/c1-6(2)15-10(9-4-7-3-8(7)5-9)13-14-11(15)18(12,16)17/h6-9H,3-5H2,1-2H3,(H2,12,16,17). The van der Waals surface area contributed by atoms with E-state index in [2.05, 4.69) is 10.2 Å². The molecule has 2 aliphatic carbocycles. The zero-order valence-electron chi connectivity index (χ0n) is 10.6. The molecule has 0 bridgehead atoms. The molecule has 2 N–H and O–H groups in total. The fraction of sp³-hybridized carbons (Fsp3) is 0.818. The number of hydrogen-bond acceptors (Lipinski definition) is 4. The Hall–Kier alpha value is -0.950. The molecule has 2 atom stereocenters. The average Bonchev–Trinajstić information content (AvgIpc) is 2.76. The second-order valence-electron chi connectivity index (χ2n) is 5.77. The van der Waals surface area contributed by atoms with Crippen LogP contribution in [0.15, 0.2) is 5.16 Å². The SMILES string of the molecule is CC(C)n1c(C2CC3CC3C2)nnc1S(N)(=O)=O. The van der Waals surface area contributed by atoms with E-state index in [4.69, 9.17) is 5.14 Å². The van der Waals surface area contributed by atoms with Crippen LogP contribution in [0.5, 0.6) is 0 Å². The maximum atomic E-state index is 11.5. The van der Waals surface area contributed by atoms with Crippen LogP contribution >= 0.6 is 0 Å². The van der Waals surface area contributed by atoms with Gasteiger partial charge in [-0.05, 0) is 44.9 Å². The molecule has 1 heterocycles. The van der Waals surface area contributed by atoms with E-state index < -0.39 is 10.0 Å². The molecular formula is C11H18N4O2S. The van der Waals surface area contributed by atoms with Crippen molar-refractivity contribution in [2.24, 2.45) is 17.0 Å². The predicted octanol–water partition coefficient (Wildman–Crippen LogP) is 1.02. The lowest BCUT2D eigenvalue weighted by atomic mass is 10.0. The van der Waals surface area contributed by atoms with Crippen LogP contribution in [0.25, 0.3) is 0 Å². The van der Waals surface area contributed by atoms with Gasteiger partial charge in [-0.1, -0.05) is 0 Å². The van der Waals surface area contributed by atoms with Crippen LogP contribution in [-0.2, 0) is 10.0 Å². The van der Waals surface area contributed by atoms with Crippen LogP contribution in [0.3, 0.4) is 0 Å². The summed E-state index contributed by atoms with van der Waals surface area (Å²) in [6.45, 7) is 3.86. The Bertz CT molecular complexity index is 568. The van der Waals surface area contributed by atoms with E-state index >= 15 is 0 Å². The van der Waals surface area contributed by atoms with Crippen molar-refractivity contribution in [3.8, 4) is 0 Å². The first kappa shape index (κ1) is 12.1. The maximum absolute atomic E-state index is 11.5. The van der Waals surface area contributed by atoms with Gasteiger partial charge in [-0.2, -0.15) is 0 Å². The number of primary sulfonamides is 1. The highest BCUT2D eigenvalue weighted by Gasteiger charge is 2.48. The second kappa shape index (κ2) is 3.77. The monoisotopic (exact) mass is 270 g/mol. The van der Waals surface area contributed by atoms with Crippen molar-refractivity contribution in [1.29, 1.82) is 0 Å². The van der Waals surface area contributed by atoms with E-state index in [0.717, 1.165) is 30.5 Å². The van der Waals surface area contributed by atoms with Gasteiger partial charge in [-0.25, -0.2) is 13.6 Å². The molecule has 1 aromatic rings. The molecule has 100 valence electrons. The van der Waals surface area contributed by atoms with Gasteiger partial charge in [0.1, 0.15) is 5.82 Å². The molecule has 2 aliphatic rings. The van der Waals surface area contributed by atoms with Gasteiger partial charge in [0.15, 0.2) is 0 Å². The normalized spacial score (nSPS) is 30.8. The highest BCUT2D eigenvalue weighted by molar-refractivity contribution is 7.89. The zero-order chi connectivity index (χ0) is 13.1. The topological polar surface area (TPSA) is 90.9 Å². The fourth-order valence-electron chi connectivity index (χ4n) is 3.17. The lowest BCUT2D eigenvalue weighted by Gasteiger charge is -2.17. The van der Waals surface area contributed by atoms with Crippen molar-refractivity contribution in [2.45, 2.75) is 50.2 Å². The van der Waals surface area contributed by atoms with E-state index in [-0.39, 0.29) is 11.2 Å². The molecule has 2 saturated carbocycles. The Labute approximate surface area is 107 Å².